The molecule has 0 atom stereocenters. The van der Waals surface area contributed by atoms with Gasteiger partial charge in [-0.3, -0.25) is 0 Å². The number of H-pyrrole nitrogens is 1. The van der Waals surface area contributed by atoms with Gasteiger partial charge >= 0.3 is 0 Å². The number of methoxy groups -OCH3 is 4. The zero-order valence-corrected chi connectivity index (χ0v) is 19.0. The molecule has 6 nitrogen and oxygen atoms in total. The Bertz CT molecular complexity index is 1180. The van der Waals surface area contributed by atoms with Crippen LogP contribution in [-0.2, 0) is 0 Å². The van der Waals surface area contributed by atoms with Crippen LogP contribution in [0.15, 0.2) is 60.7 Å². The molecular formula is C25H23ClN2O4. The first-order chi connectivity index (χ1) is 15.6. The van der Waals surface area contributed by atoms with Crippen molar-refractivity contribution in [1.29, 1.82) is 0 Å². The molecule has 0 aliphatic carbocycles. The Morgan fingerprint density at radius 3 is 1.84 bits per heavy atom. The Balaban J connectivity index is 1.92. The highest BCUT2D eigenvalue weighted by Gasteiger charge is 2.19. The van der Waals surface area contributed by atoms with E-state index in [1.165, 1.54) is 0 Å². The van der Waals surface area contributed by atoms with Gasteiger partial charge in [-0.05, 0) is 48.5 Å². The molecule has 3 aromatic carbocycles. The molecule has 1 aromatic heterocycles. The minimum absolute atomic E-state index is 0.621. The molecule has 1 N–H and O–H groups in total. The molecule has 0 saturated heterocycles. The van der Waals surface area contributed by atoms with Gasteiger partial charge in [0.05, 0.1) is 39.8 Å². The molecule has 0 aliphatic heterocycles. The monoisotopic (exact) mass is 450 g/mol. The minimum Gasteiger partial charge on any atom is -0.493 e. The largest absolute Gasteiger partial charge is 0.493 e. The Kier molecular flexibility index (Phi) is 6.23. The van der Waals surface area contributed by atoms with Gasteiger partial charge < -0.3 is 23.9 Å². The number of aromatic amines is 1. The lowest BCUT2D eigenvalue weighted by Crippen LogP contribution is -1.93. The number of hydrogen-bond acceptors (Lipinski definition) is 5. The summed E-state index contributed by atoms with van der Waals surface area (Å²) in [5.74, 6) is 3.24. The number of benzene rings is 3. The van der Waals surface area contributed by atoms with Crippen LogP contribution in [0.1, 0.15) is 0 Å². The molecular weight excluding hydrogens is 428 g/mol. The van der Waals surface area contributed by atoms with Gasteiger partial charge in [0.2, 0.25) is 0 Å². The summed E-state index contributed by atoms with van der Waals surface area (Å²) < 4.78 is 21.8. The highest BCUT2D eigenvalue weighted by molar-refractivity contribution is 6.30. The van der Waals surface area contributed by atoms with Crippen molar-refractivity contribution in [3.63, 3.8) is 0 Å². The van der Waals surface area contributed by atoms with E-state index in [0.717, 1.165) is 28.1 Å². The molecule has 0 radical (unpaired) electrons. The van der Waals surface area contributed by atoms with E-state index in [1.807, 2.05) is 60.7 Å². The number of halogens is 1. The third kappa shape index (κ3) is 4.09. The summed E-state index contributed by atoms with van der Waals surface area (Å²) in [7, 11) is 6.44. The first-order valence-corrected chi connectivity index (χ1v) is 10.3. The third-order valence-electron chi connectivity index (χ3n) is 5.13. The second kappa shape index (κ2) is 9.24. The predicted octanol–water partition coefficient (Wildman–Crippen LogP) is 6.10. The molecule has 4 aromatic rings. The average molecular weight is 451 g/mol. The molecule has 164 valence electrons. The van der Waals surface area contributed by atoms with Crippen molar-refractivity contribution < 1.29 is 18.9 Å². The molecule has 0 aliphatic rings. The highest BCUT2D eigenvalue weighted by Crippen LogP contribution is 2.40. The van der Waals surface area contributed by atoms with Crippen molar-refractivity contribution >= 4 is 11.6 Å². The Hall–Kier alpha value is -3.64. The van der Waals surface area contributed by atoms with E-state index in [-0.39, 0.29) is 0 Å². The minimum atomic E-state index is 0.621. The second-order valence-corrected chi connectivity index (χ2v) is 7.40. The summed E-state index contributed by atoms with van der Waals surface area (Å²) in [6.45, 7) is 0. The van der Waals surface area contributed by atoms with Crippen molar-refractivity contribution in [2.45, 2.75) is 0 Å². The number of nitrogens with one attached hydrogen (secondary N) is 1. The fourth-order valence-electron chi connectivity index (χ4n) is 3.54. The fraction of sp³-hybridized carbons (Fsp3) is 0.160. The summed E-state index contributed by atoms with van der Waals surface area (Å²) >= 11 is 6.22. The average Bonchev–Trinajstić information content (AvgIpc) is 3.28. The molecule has 32 heavy (non-hydrogen) atoms. The molecule has 0 bridgehead atoms. The Morgan fingerprint density at radius 1 is 0.656 bits per heavy atom. The Labute approximate surface area is 191 Å². The summed E-state index contributed by atoms with van der Waals surface area (Å²) in [4.78, 5) is 8.37. The molecule has 1 heterocycles. The molecule has 0 saturated carbocycles. The second-order valence-electron chi connectivity index (χ2n) is 6.96. The summed E-state index contributed by atoms with van der Waals surface area (Å²) in [6, 6.07) is 19.0. The van der Waals surface area contributed by atoms with E-state index in [1.54, 1.807) is 28.4 Å². The van der Waals surface area contributed by atoms with Gasteiger partial charge in [-0.15, -0.1) is 0 Å². The number of hydrogen-bond donors (Lipinski definition) is 1. The third-order valence-corrected chi connectivity index (χ3v) is 5.37. The number of nitrogens with zero attached hydrogens (tertiary/aromatic N) is 1. The fourth-order valence-corrected chi connectivity index (χ4v) is 3.73. The van der Waals surface area contributed by atoms with Gasteiger partial charge in [0.1, 0.15) is 5.82 Å². The maximum atomic E-state index is 6.22. The number of ether oxygens (including phenoxy) is 4. The van der Waals surface area contributed by atoms with Crippen LogP contribution in [0.3, 0.4) is 0 Å². The van der Waals surface area contributed by atoms with Gasteiger partial charge in [0.25, 0.3) is 0 Å². The molecule has 0 unspecified atom stereocenters. The molecule has 4 rings (SSSR count). The van der Waals surface area contributed by atoms with E-state index >= 15 is 0 Å². The molecule has 0 spiro atoms. The summed E-state index contributed by atoms with van der Waals surface area (Å²) in [5, 5.41) is 0.638. The van der Waals surface area contributed by atoms with Crippen molar-refractivity contribution in [1.82, 2.24) is 9.97 Å². The van der Waals surface area contributed by atoms with Crippen molar-refractivity contribution in [3.8, 4) is 56.9 Å². The van der Waals surface area contributed by atoms with Crippen LogP contribution in [0.2, 0.25) is 5.02 Å². The van der Waals surface area contributed by atoms with Crippen LogP contribution in [-0.4, -0.2) is 38.4 Å². The first kappa shape index (κ1) is 21.6. The molecule has 7 heteroatoms. The van der Waals surface area contributed by atoms with Gasteiger partial charge in [-0.25, -0.2) is 4.98 Å². The summed E-state index contributed by atoms with van der Waals surface area (Å²) in [6.07, 6.45) is 0. The first-order valence-electron chi connectivity index (χ1n) is 9.88. The van der Waals surface area contributed by atoms with Crippen LogP contribution < -0.4 is 18.9 Å². The smallest absolute Gasteiger partial charge is 0.161 e. The van der Waals surface area contributed by atoms with E-state index < -0.39 is 0 Å². The zero-order chi connectivity index (χ0) is 22.7. The van der Waals surface area contributed by atoms with Crippen molar-refractivity contribution in [2.75, 3.05) is 28.4 Å². The van der Waals surface area contributed by atoms with E-state index in [9.17, 15) is 0 Å². The number of rotatable bonds is 7. The highest BCUT2D eigenvalue weighted by atomic mass is 35.5. The quantitative estimate of drug-likeness (QED) is 0.368. The van der Waals surface area contributed by atoms with Crippen LogP contribution in [0.4, 0.5) is 0 Å². The van der Waals surface area contributed by atoms with E-state index in [2.05, 4.69) is 4.98 Å². The standard InChI is InChI=1S/C25H23ClN2O4/c1-29-19-10-8-15(13-21(19)31-3)23-24(16-9-11-20(30-2)22(14-16)32-4)28-25(27-23)17-6-5-7-18(26)12-17/h5-14H,1-4H3,(H,27,28). The summed E-state index contributed by atoms with van der Waals surface area (Å²) in [5.41, 5.74) is 4.23. The van der Waals surface area contributed by atoms with Gasteiger partial charge in [0, 0.05) is 21.7 Å². The van der Waals surface area contributed by atoms with Gasteiger partial charge in [-0.1, -0.05) is 23.7 Å². The topological polar surface area (TPSA) is 65.6 Å². The maximum Gasteiger partial charge on any atom is 0.161 e. The number of imidazole rings is 1. The SMILES string of the molecule is COc1ccc(-c2nc(-c3cccc(Cl)c3)[nH]c2-c2ccc(OC)c(OC)c2)cc1OC. The Morgan fingerprint density at radius 2 is 1.25 bits per heavy atom. The van der Waals surface area contributed by atoms with E-state index in [0.29, 0.717) is 33.8 Å². The number of aromatic nitrogens is 2. The van der Waals surface area contributed by atoms with Gasteiger partial charge in [0.15, 0.2) is 23.0 Å². The normalized spacial score (nSPS) is 10.7. The lowest BCUT2D eigenvalue weighted by Gasteiger charge is -2.11. The molecule has 0 fully saturated rings. The van der Waals surface area contributed by atoms with E-state index in [4.69, 9.17) is 35.5 Å². The zero-order valence-electron chi connectivity index (χ0n) is 18.2. The van der Waals surface area contributed by atoms with Crippen LogP contribution in [0.25, 0.3) is 33.9 Å². The van der Waals surface area contributed by atoms with Crippen LogP contribution in [0, 0.1) is 0 Å². The predicted molar refractivity (Wildman–Crippen MR) is 126 cm³/mol. The lowest BCUT2D eigenvalue weighted by molar-refractivity contribution is 0.355. The van der Waals surface area contributed by atoms with Crippen molar-refractivity contribution in [2.24, 2.45) is 0 Å². The maximum absolute atomic E-state index is 6.22. The van der Waals surface area contributed by atoms with Crippen LogP contribution in [0.5, 0.6) is 23.0 Å². The molecule has 0 amide bonds. The van der Waals surface area contributed by atoms with Gasteiger partial charge in [-0.2, -0.15) is 0 Å². The van der Waals surface area contributed by atoms with Crippen molar-refractivity contribution in [3.05, 3.63) is 65.7 Å². The lowest BCUT2D eigenvalue weighted by atomic mass is 10.0. The van der Waals surface area contributed by atoms with Crippen LogP contribution >= 0.6 is 11.6 Å².